The van der Waals surface area contributed by atoms with Crippen molar-refractivity contribution in [3.63, 3.8) is 0 Å². The first-order chi connectivity index (χ1) is 10.2. The Morgan fingerprint density at radius 3 is 3.05 bits per heavy atom. The molecule has 2 heterocycles. The third-order valence-electron chi connectivity index (χ3n) is 5.69. The molecule has 0 amide bonds. The van der Waals surface area contributed by atoms with Crippen molar-refractivity contribution in [1.29, 1.82) is 0 Å². The molecule has 1 aromatic rings. The van der Waals surface area contributed by atoms with E-state index in [-0.39, 0.29) is 5.60 Å². The Kier molecular flexibility index (Phi) is 3.76. The first-order valence-corrected chi connectivity index (χ1v) is 9.30. The van der Waals surface area contributed by atoms with Crippen LogP contribution in [0.15, 0.2) is 29.2 Å². The second kappa shape index (κ2) is 5.60. The fraction of sp³-hybridized carbons (Fsp3) is 0.667. The fourth-order valence-corrected chi connectivity index (χ4v) is 5.82. The van der Waals surface area contributed by atoms with Crippen LogP contribution in [0.4, 0.5) is 0 Å². The van der Waals surface area contributed by atoms with Crippen molar-refractivity contribution in [2.75, 3.05) is 19.6 Å². The standard InChI is InChI=1S/C18H25NOS/c20-18-8-4-3-6-15(18)12-19(10-9-18)13-16-11-14-5-1-2-7-17(14)21-16/h1-2,5,7,15-16,20H,3-4,6,8-13H2. The topological polar surface area (TPSA) is 23.5 Å². The number of hydrogen-bond donors (Lipinski definition) is 1. The summed E-state index contributed by atoms with van der Waals surface area (Å²) in [5.74, 6) is 0.522. The molecule has 0 radical (unpaired) electrons. The minimum absolute atomic E-state index is 0.333. The minimum atomic E-state index is -0.333. The number of piperidine rings is 1. The van der Waals surface area contributed by atoms with Gasteiger partial charge >= 0.3 is 0 Å². The summed E-state index contributed by atoms with van der Waals surface area (Å²) in [6.07, 6.45) is 7.00. The summed E-state index contributed by atoms with van der Waals surface area (Å²) in [5.41, 5.74) is 1.19. The quantitative estimate of drug-likeness (QED) is 0.906. The van der Waals surface area contributed by atoms with E-state index in [2.05, 4.69) is 40.9 Å². The molecule has 1 aromatic carbocycles. The van der Waals surface area contributed by atoms with Crippen molar-refractivity contribution in [1.82, 2.24) is 4.90 Å². The number of aliphatic hydroxyl groups is 1. The van der Waals surface area contributed by atoms with Crippen molar-refractivity contribution in [2.45, 2.75) is 54.3 Å². The van der Waals surface area contributed by atoms with Gasteiger partial charge in [0.15, 0.2) is 0 Å². The van der Waals surface area contributed by atoms with Gasteiger partial charge in [0.2, 0.25) is 0 Å². The minimum Gasteiger partial charge on any atom is -0.390 e. The van der Waals surface area contributed by atoms with Gasteiger partial charge < -0.3 is 10.0 Å². The van der Waals surface area contributed by atoms with Crippen LogP contribution in [0, 0.1) is 5.92 Å². The molecule has 3 heteroatoms. The van der Waals surface area contributed by atoms with Crippen molar-refractivity contribution < 1.29 is 5.11 Å². The highest BCUT2D eigenvalue weighted by Gasteiger charge is 2.43. The first kappa shape index (κ1) is 14.1. The van der Waals surface area contributed by atoms with E-state index in [1.165, 1.54) is 42.7 Å². The highest BCUT2D eigenvalue weighted by molar-refractivity contribution is 8.00. The molecule has 0 bridgehead atoms. The van der Waals surface area contributed by atoms with Gasteiger partial charge in [0.05, 0.1) is 5.60 Å². The van der Waals surface area contributed by atoms with Gasteiger partial charge in [-0.2, -0.15) is 0 Å². The summed E-state index contributed by atoms with van der Waals surface area (Å²) in [5, 5.41) is 11.5. The molecule has 3 aliphatic rings. The number of likely N-dealkylation sites (tertiary alicyclic amines) is 1. The molecule has 3 atom stereocenters. The summed E-state index contributed by atoms with van der Waals surface area (Å²) >= 11 is 2.05. The average Bonchev–Trinajstić information content (AvgIpc) is 2.89. The van der Waals surface area contributed by atoms with Gasteiger partial charge in [-0.15, -0.1) is 11.8 Å². The summed E-state index contributed by atoms with van der Waals surface area (Å²) in [4.78, 5) is 4.10. The van der Waals surface area contributed by atoms with E-state index in [0.717, 1.165) is 25.9 Å². The van der Waals surface area contributed by atoms with Crippen LogP contribution in [-0.2, 0) is 6.42 Å². The van der Waals surface area contributed by atoms with Crippen LogP contribution in [0.1, 0.15) is 37.7 Å². The van der Waals surface area contributed by atoms with Crippen LogP contribution in [0.2, 0.25) is 0 Å². The van der Waals surface area contributed by atoms with Crippen LogP contribution in [0.5, 0.6) is 0 Å². The lowest BCUT2D eigenvalue weighted by Crippen LogP contribution is -2.54. The van der Waals surface area contributed by atoms with Gasteiger partial charge in [0.1, 0.15) is 0 Å². The van der Waals surface area contributed by atoms with Gasteiger partial charge in [-0.3, -0.25) is 0 Å². The van der Waals surface area contributed by atoms with E-state index in [0.29, 0.717) is 11.2 Å². The van der Waals surface area contributed by atoms with Crippen LogP contribution >= 0.6 is 11.8 Å². The normalized spacial score (nSPS) is 36.2. The Balaban J connectivity index is 1.37. The van der Waals surface area contributed by atoms with E-state index < -0.39 is 0 Å². The molecule has 4 rings (SSSR count). The summed E-state index contributed by atoms with van der Waals surface area (Å²) in [6.45, 7) is 3.39. The van der Waals surface area contributed by atoms with Crippen LogP contribution < -0.4 is 0 Å². The Morgan fingerprint density at radius 1 is 1.24 bits per heavy atom. The molecule has 3 unspecified atom stereocenters. The van der Waals surface area contributed by atoms with Gasteiger partial charge in [0, 0.05) is 35.7 Å². The molecule has 2 aliphatic heterocycles. The van der Waals surface area contributed by atoms with Crippen molar-refractivity contribution in [2.24, 2.45) is 5.92 Å². The predicted octanol–water partition coefficient (Wildman–Crippen LogP) is 3.33. The highest BCUT2D eigenvalue weighted by Crippen LogP contribution is 2.41. The van der Waals surface area contributed by atoms with E-state index in [1.54, 1.807) is 0 Å². The number of hydrogen-bond acceptors (Lipinski definition) is 3. The molecule has 114 valence electrons. The SMILES string of the molecule is OC12CCCCC1CN(CC1Cc3ccccc3S1)CC2. The second-order valence-corrected chi connectivity index (χ2v) is 8.45. The molecule has 1 aliphatic carbocycles. The number of benzene rings is 1. The zero-order valence-electron chi connectivity index (χ0n) is 12.6. The van der Waals surface area contributed by atoms with Crippen molar-refractivity contribution >= 4 is 11.8 Å². The van der Waals surface area contributed by atoms with E-state index in [1.807, 2.05) is 0 Å². The molecule has 1 saturated heterocycles. The fourth-order valence-electron chi connectivity index (χ4n) is 4.45. The zero-order valence-corrected chi connectivity index (χ0v) is 13.4. The second-order valence-electron chi connectivity index (χ2n) is 7.11. The molecule has 0 spiro atoms. The van der Waals surface area contributed by atoms with Gasteiger partial charge in [-0.25, -0.2) is 0 Å². The molecular weight excluding hydrogens is 278 g/mol. The van der Waals surface area contributed by atoms with Gasteiger partial charge in [-0.05, 0) is 37.3 Å². The van der Waals surface area contributed by atoms with Crippen LogP contribution in [0.25, 0.3) is 0 Å². The summed E-state index contributed by atoms with van der Waals surface area (Å²) < 4.78 is 0. The summed E-state index contributed by atoms with van der Waals surface area (Å²) in [6, 6.07) is 8.84. The number of nitrogens with zero attached hydrogens (tertiary/aromatic N) is 1. The third kappa shape index (κ3) is 2.76. The lowest BCUT2D eigenvalue weighted by molar-refractivity contribution is -0.0950. The van der Waals surface area contributed by atoms with Crippen LogP contribution in [0.3, 0.4) is 0 Å². The maximum Gasteiger partial charge on any atom is 0.0700 e. The Morgan fingerprint density at radius 2 is 2.14 bits per heavy atom. The lowest BCUT2D eigenvalue weighted by atomic mass is 9.71. The van der Waals surface area contributed by atoms with E-state index in [9.17, 15) is 5.11 Å². The van der Waals surface area contributed by atoms with E-state index in [4.69, 9.17) is 0 Å². The van der Waals surface area contributed by atoms with Gasteiger partial charge in [-0.1, -0.05) is 31.0 Å². The average molecular weight is 303 g/mol. The molecular formula is C18H25NOS. The third-order valence-corrected chi connectivity index (χ3v) is 6.99. The zero-order chi connectivity index (χ0) is 14.3. The Labute approximate surface area is 131 Å². The maximum atomic E-state index is 10.8. The smallest absolute Gasteiger partial charge is 0.0700 e. The van der Waals surface area contributed by atoms with E-state index >= 15 is 0 Å². The number of rotatable bonds is 2. The monoisotopic (exact) mass is 303 g/mol. The Bertz CT molecular complexity index is 495. The predicted molar refractivity (Wildman–Crippen MR) is 87.8 cm³/mol. The van der Waals surface area contributed by atoms with Crippen LogP contribution in [-0.4, -0.2) is 40.5 Å². The molecule has 1 N–H and O–H groups in total. The molecule has 1 saturated carbocycles. The number of thioether (sulfide) groups is 1. The largest absolute Gasteiger partial charge is 0.390 e. The highest BCUT2D eigenvalue weighted by atomic mass is 32.2. The summed E-state index contributed by atoms with van der Waals surface area (Å²) in [7, 11) is 0. The van der Waals surface area contributed by atoms with Crippen molar-refractivity contribution in [3.05, 3.63) is 29.8 Å². The number of fused-ring (bicyclic) bond motifs is 2. The van der Waals surface area contributed by atoms with Crippen molar-refractivity contribution in [3.8, 4) is 0 Å². The molecule has 2 nitrogen and oxygen atoms in total. The van der Waals surface area contributed by atoms with Gasteiger partial charge in [0.25, 0.3) is 0 Å². The maximum absolute atomic E-state index is 10.8. The lowest BCUT2D eigenvalue weighted by Gasteiger charge is -2.47. The molecule has 21 heavy (non-hydrogen) atoms. The molecule has 2 fully saturated rings. The first-order valence-electron chi connectivity index (χ1n) is 8.42. The Hall–Kier alpha value is -0.510. The molecule has 0 aromatic heterocycles.